The first-order chi connectivity index (χ1) is 11.5. The van der Waals surface area contributed by atoms with Crippen LogP contribution in [0.3, 0.4) is 0 Å². The molecule has 24 heavy (non-hydrogen) atoms. The van der Waals surface area contributed by atoms with Gasteiger partial charge in [0.15, 0.2) is 11.5 Å². The predicted octanol–water partition coefficient (Wildman–Crippen LogP) is 0.413. The normalized spacial score (nSPS) is 17.3. The molecule has 1 aromatic carbocycles. The second kappa shape index (κ2) is 7.87. The van der Waals surface area contributed by atoms with Crippen LogP contribution in [0.25, 0.3) is 0 Å². The van der Waals surface area contributed by atoms with E-state index in [9.17, 15) is 9.59 Å². The van der Waals surface area contributed by atoms with Crippen molar-refractivity contribution < 1.29 is 24.2 Å². The van der Waals surface area contributed by atoms with Crippen molar-refractivity contribution in [3.05, 3.63) is 36.0 Å². The van der Waals surface area contributed by atoms with Crippen molar-refractivity contribution in [1.29, 1.82) is 5.26 Å². The number of fused-ring (bicyclic) bond motifs is 1. The van der Waals surface area contributed by atoms with Crippen LogP contribution >= 0.6 is 0 Å². The molecule has 1 aliphatic rings. The number of nitrogens with one attached hydrogen (secondary N) is 2. The third-order valence-electron chi connectivity index (χ3n) is 3.24. The van der Waals surface area contributed by atoms with E-state index in [2.05, 4.69) is 10.6 Å². The van der Waals surface area contributed by atoms with Gasteiger partial charge >= 0.3 is 5.97 Å². The Hall–Kier alpha value is -3.21. The lowest BCUT2D eigenvalue weighted by Gasteiger charge is -2.26. The molecule has 2 unspecified atom stereocenters. The Kier molecular flexibility index (Phi) is 5.63. The molecule has 1 aliphatic heterocycles. The highest BCUT2D eigenvalue weighted by molar-refractivity contribution is 5.99. The van der Waals surface area contributed by atoms with Crippen molar-refractivity contribution in [3.63, 3.8) is 0 Å². The smallest absolute Gasteiger partial charge is 0.325 e. The maximum atomic E-state index is 11.8. The van der Waals surface area contributed by atoms with Crippen LogP contribution in [0.5, 0.6) is 11.5 Å². The van der Waals surface area contributed by atoms with Gasteiger partial charge < -0.3 is 25.2 Å². The number of amides is 1. The largest absolute Gasteiger partial charge is 0.486 e. The zero-order valence-electron chi connectivity index (χ0n) is 13.0. The third-order valence-corrected chi connectivity index (χ3v) is 3.24. The minimum Gasteiger partial charge on any atom is -0.486 e. The van der Waals surface area contributed by atoms with Crippen molar-refractivity contribution in [3.8, 4) is 17.6 Å². The second-order valence-electron chi connectivity index (χ2n) is 5.11. The molecule has 0 bridgehead atoms. The van der Waals surface area contributed by atoms with E-state index in [0.717, 1.165) is 0 Å². The Morgan fingerprint density at radius 1 is 1.46 bits per heavy atom. The molecule has 1 amide bonds. The zero-order chi connectivity index (χ0) is 17.5. The Bertz CT molecular complexity index is 695. The number of para-hydroxylation sites is 2. The first-order valence-electron chi connectivity index (χ1n) is 7.27. The number of nitriles is 1. The molecule has 0 aromatic heterocycles. The van der Waals surface area contributed by atoms with E-state index in [-0.39, 0.29) is 11.7 Å². The van der Waals surface area contributed by atoms with Gasteiger partial charge in [0.25, 0.3) is 5.91 Å². The highest BCUT2D eigenvalue weighted by Crippen LogP contribution is 2.30. The van der Waals surface area contributed by atoms with Gasteiger partial charge in [-0.25, -0.2) is 0 Å². The summed E-state index contributed by atoms with van der Waals surface area (Å²) in [6, 6.07) is 7.91. The van der Waals surface area contributed by atoms with Crippen molar-refractivity contribution in [2.75, 3.05) is 13.2 Å². The summed E-state index contributed by atoms with van der Waals surface area (Å²) in [5.41, 5.74) is -0.222. The van der Waals surface area contributed by atoms with Crippen molar-refractivity contribution in [2.24, 2.45) is 0 Å². The molecule has 1 aromatic rings. The lowest BCUT2D eigenvalue weighted by atomic mass is 10.2. The number of carboxylic acids is 1. The maximum Gasteiger partial charge on any atom is 0.325 e. The first-order valence-corrected chi connectivity index (χ1v) is 7.27. The number of aliphatic carboxylic acids is 1. The van der Waals surface area contributed by atoms with E-state index < -0.39 is 17.9 Å². The molecule has 126 valence electrons. The molecule has 8 nitrogen and oxygen atoms in total. The quantitative estimate of drug-likeness (QED) is 0.510. The van der Waals surface area contributed by atoms with Gasteiger partial charge in [0.2, 0.25) is 0 Å². The van der Waals surface area contributed by atoms with Gasteiger partial charge in [0.05, 0.1) is 6.54 Å². The van der Waals surface area contributed by atoms with Crippen molar-refractivity contribution in [2.45, 2.75) is 19.1 Å². The molecular formula is C16H17N3O5. The summed E-state index contributed by atoms with van der Waals surface area (Å²) < 4.78 is 11.3. The zero-order valence-corrected chi connectivity index (χ0v) is 13.0. The fourth-order valence-electron chi connectivity index (χ4n) is 1.94. The molecule has 0 saturated heterocycles. The van der Waals surface area contributed by atoms with Crippen molar-refractivity contribution in [1.82, 2.24) is 10.6 Å². The highest BCUT2D eigenvalue weighted by Gasteiger charge is 2.20. The van der Waals surface area contributed by atoms with Crippen LogP contribution in [0.1, 0.15) is 6.92 Å². The van der Waals surface area contributed by atoms with Crippen LogP contribution < -0.4 is 20.1 Å². The number of hydrogen-bond acceptors (Lipinski definition) is 6. The van der Waals surface area contributed by atoms with E-state index in [0.29, 0.717) is 24.7 Å². The van der Waals surface area contributed by atoms with Gasteiger partial charge in [-0.2, -0.15) is 5.26 Å². The number of benzene rings is 1. The number of carbonyl (C=O) groups excluding carboxylic acids is 1. The number of carbonyl (C=O) groups is 2. The molecule has 8 heteroatoms. The average molecular weight is 331 g/mol. The summed E-state index contributed by atoms with van der Waals surface area (Å²) >= 11 is 0. The third kappa shape index (κ3) is 4.39. The summed E-state index contributed by atoms with van der Waals surface area (Å²) in [6.07, 6.45) is 0.949. The first kappa shape index (κ1) is 17.1. The minimum absolute atomic E-state index is 0.222. The van der Waals surface area contributed by atoms with Gasteiger partial charge in [-0.05, 0) is 19.1 Å². The Morgan fingerprint density at radius 3 is 2.83 bits per heavy atom. The molecule has 3 N–H and O–H groups in total. The fraction of sp³-hybridized carbons (Fsp3) is 0.312. The molecule has 0 saturated carbocycles. The van der Waals surface area contributed by atoms with E-state index >= 15 is 0 Å². The molecule has 0 spiro atoms. The Morgan fingerprint density at radius 2 is 2.17 bits per heavy atom. The van der Waals surface area contributed by atoms with Crippen LogP contribution in [0.2, 0.25) is 0 Å². The molecule has 1 heterocycles. The monoisotopic (exact) mass is 331 g/mol. The lowest BCUT2D eigenvalue weighted by molar-refractivity contribution is -0.140. The lowest BCUT2D eigenvalue weighted by Crippen LogP contribution is -2.40. The van der Waals surface area contributed by atoms with Crippen LogP contribution in [-0.4, -0.2) is 42.3 Å². The second-order valence-corrected chi connectivity index (χ2v) is 5.11. The van der Waals surface area contributed by atoms with Crippen LogP contribution in [0.4, 0.5) is 0 Å². The molecular weight excluding hydrogens is 314 g/mol. The number of carboxylic acid groups (broad SMARTS) is 1. The van der Waals surface area contributed by atoms with Crippen molar-refractivity contribution >= 4 is 11.9 Å². The Labute approximate surface area is 138 Å². The molecule has 0 fully saturated rings. The predicted molar refractivity (Wildman–Crippen MR) is 83.3 cm³/mol. The number of ether oxygens (including phenoxy) is 2. The van der Waals surface area contributed by atoms with E-state index in [1.165, 1.54) is 13.1 Å². The molecule has 2 rings (SSSR count). The van der Waals surface area contributed by atoms with Crippen LogP contribution in [0.15, 0.2) is 36.0 Å². The average Bonchev–Trinajstić information content (AvgIpc) is 2.58. The summed E-state index contributed by atoms with van der Waals surface area (Å²) in [4.78, 5) is 22.5. The number of nitrogens with zero attached hydrogens (tertiary/aromatic N) is 1. The van der Waals surface area contributed by atoms with Gasteiger partial charge in [0, 0.05) is 6.20 Å². The number of hydrogen-bond donors (Lipinski definition) is 3. The molecule has 2 atom stereocenters. The summed E-state index contributed by atoms with van der Waals surface area (Å²) in [5, 5.41) is 22.8. The topological polar surface area (TPSA) is 121 Å². The highest BCUT2D eigenvalue weighted by atomic mass is 16.6. The molecule has 0 aliphatic carbocycles. The minimum atomic E-state index is -1.18. The van der Waals surface area contributed by atoms with E-state index in [1.807, 2.05) is 12.1 Å². The maximum absolute atomic E-state index is 11.8. The van der Waals surface area contributed by atoms with Gasteiger partial charge in [-0.1, -0.05) is 12.1 Å². The van der Waals surface area contributed by atoms with E-state index in [4.69, 9.17) is 19.8 Å². The van der Waals surface area contributed by atoms with E-state index in [1.54, 1.807) is 18.2 Å². The standard InChI is InChI=1S/C16H17N3O5/c1-10(16(21)22)19-15(20)11(6-17)7-18-8-12-9-23-13-4-2-3-5-14(13)24-12/h2-5,7,10,12,18H,8-9H2,1H3,(H,19,20)(H,21,22)/b11-7-. The summed E-state index contributed by atoms with van der Waals surface area (Å²) in [7, 11) is 0. The van der Waals surface area contributed by atoms with Gasteiger partial charge in [-0.3, -0.25) is 9.59 Å². The summed E-state index contributed by atoms with van der Waals surface area (Å²) in [5.74, 6) is -0.636. The fourth-order valence-corrected chi connectivity index (χ4v) is 1.94. The SMILES string of the molecule is CC(NC(=O)/C(C#N)=C\NCC1COc2ccccc2O1)C(=O)O. The van der Waals surface area contributed by atoms with Crippen LogP contribution in [-0.2, 0) is 9.59 Å². The van der Waals surface area contributed by atoms with Crippen LogP contribution in [0, 0.1) is 11.3 Å². The van der Waals surface area contributed by atoms with Gasteiger partial charge in [0.1, 0.15) is 30.4 Å². The van der Waals surface area contributed by atoms with Gasteiger partial charge in [-0.15, -0.1) is 0 Å². The molecule has 0 radical (unpaired) electrons. The summed E-state index contributed by atoms with van der Waals surface area (Å²) in [6.45, 7) is 1.97. The number of rotatable bonds is 6. The Balaban J connectivity index is 1.87.